The Morgan fingerprint density at radius 2 is 1.81 bits per heavy atom. The minimum atomic E-state index is -5.08. The average Bonchev–Trinajstić information content (AvgIpc) is 3.31. The van der Waals surface area contributed by atoms with E-state index in [4.69, 9.17) is 9.90 Å². The summed E-state index contributed by atoms with van der Waals surface area (Å²) in [5.74, 6) is -2.57. The van der Waals surface area contributed by atoms with Gasteiger partial charge in [-0.1, -0.05) is 0 Å². The third-order valence-corrected chi connectivity index (χ3v) is 5.16. The largest absolute Gasteiger partial charge is 0.490 e. The molecule has 6 nitrogen and oxygen atoms in total. The second kappa shape index (κ2) is 7.22. The van der Waals surface area contributed by atoms with Gasteiger partial charge in [0.15, 0.2) is 0 Å². The highest BCUT2D eigenvalue weighted by atomic mass is 19.4. The molecule has 0 bridgehead atoms. The van der Waals surface area contributed by atoms with Crippen LogP contribution in [0.1, 0.15) is 23.2 Å². The normalized spacial score (nSPS) is 22.4. The zero-order valence-electron chi connectivity index (χ0n) is 14.7. The van der Waals surface area contributed by atoms with Crippen LogP contribution >= 0.6 is 0 Å². The molecule has 27 heavy (non-hydrogen) atoms. The van der Waals surface area contributed by atoms with Gasteiger partial charge in [0.2, 0.25) is 0 Å². The zero-order valence-corrected chi connectivity index (χ0v) is 14.7. The summed E-state index contributed by atoms with van der Waals surface area (Å²) in [5.41, 5.74) is 1.90. The number of aliphatic carboxylic acids is 1. The maximum absolute atomic E-state index is 12.8. The number of benzene rings is 1. The summed E-state index contributed by atoms with van der Waals surface area (Å²) in [6, 6.07) is 8.93. The van der Waals surface area contributed by atoms with E-state index in [1.54, 1.807) is 0 Å². The van der Waals surface area contributed by atoms with Crippen LogP contribution in [0.3, 0.4) is 0 Å². The summed E-state index contributed by atoms with van der Waals surface area (Å²) in [6.45, 7) is 2.00. The van der Waals surface area contributed by atoms with E-state index in [2.05, 4.69) is 21.8 Å². The SMILES string of the molecule is CN1CC[C@@H]2[C@@H]1CCN2C(=O)c1ccc2[nH]ccc2c1.O=C(O)C(F)(F)F. The number of nitrogens with one attached hydrogen (secondary N) is 1. The van der Waals surface area contributed by atoms with E-state index < -0.39 is 12.1 Å². The van der Waals surface area contributed by atoms with Gasteiger partial charge in [-0.3, -0.25) is 4.79 Å². The van der Waals surface area contributed by atoms with Crippen molar-refractivity contribution in [3.63, 3.8) is 0 Å². The third-order valence-electron chi connectivity index (χ3n) is 5.16. The predicted molar refractivity (Wildman–Crippen MR) is 92.5 cm³/mol. The van der Waals surface area contributed by atoms with Crippen molar-refractivity contribution in [1.29, 1.82) is 0 Å². The fourth-order valence-electron chi connectivity index (χ4n) is 3.81. The number of carboxylic acid groups (broad SMARTS) is 1. The van der Waals surface area contributed by atoms with E-state index in [1.807, 2.05) is 30.5 Å². The second-order valence-corrected chi connectivity index (χ2v) is 6.77. The molecule has 0 unspecified atom stereocenters. The number of hydrogen-bond acceptors (Lipinski definition) is 3. The maximum Gasteiger partial charge on any atom is 0.490 e. The summed E-state index contributed by atoms with van der Waals surface area (Å²) in [7, 11) is 2.17. The molecule has 2 aliphatic rings. The Balaban J connectivity index is 0.000000260. The Morgan fingerprint density at radius 1 is 1.15 bits per heavy atom. The summed E-state index contributed by atoms with van der Waals surface area (Å²) < 4.78 is 31.7. The van der Waals surface area contributed by atoms with Crippen LogP contribution in [0.15, 0.2) is 30.5 Å². The van der Waals surface area contributed by atoms with Gasteiger partial charge in [-0.2, -0.15) is 13.2 Å². The molecule has 2 atom stereocenters. The molecule has 1 aromatic carbocycles. The number of aromatic amines is 1. The number of aromatic nitrogens is 1. The highest BCUT2D eigenvalue weighted by molar-refractivity contribution is 5.98. The number of hydrogen-bond donors (Lipinski definition) is 2. The number of fused-ring (bicyclic) bond motifs is 2. The lowest BCUT2D eigenvalue weighted by Crippen LogP contribution is -2.38. The van der Waals surface area contributed by atoms with Crippen LogP contribution in [0.4, 0.5) is 13.2 Å². The molecule has 3 heterocycles. The van der Waals surface area contributed by atoms with Crippen LogP contribution in [0.25, 0.3) is 10.9 Å². The van der Waals surface area contributed by atoms with E-state index in [-0.39, 0.29) is 5.91 Å². The number of rotatable bonds is 1. The van der Waals surface area contributed by atoms with Gasteiger partial charge in [0.25, 0.3) is 5.91 Å². The van der Waals surface area contributed by atoms with Crippen molar-refractivity contribution >= 4 is 22.8 Å². The number of likely N-dealkylation sites (tertiary alicyclic amines) is 2. The molecule has 2 saturated heterocycles. The van der Waals surface area contributed by atoms with Crippen LogP contribution in [0.5, 0.6) is 0 Å². The molecule has 0 radical (unpaired) electrons. The van der Waals surface area contributed by atoms with E-state index >= 15 is 0 Å². The third kappa shape index (κ3) is 3.92. The zero-order chi connectivity index (χ0) is 19.8. The lowest BCUT2D eigenvalue weighted by Gasteiger charge is -2.24. The highest BCUT2D eigenvalue weighted by Gasteiger charge is 2.43. The van der Waals surface area contributed by atoms with Crippen LogP contribution in [0.2, 0.25) is 0 Å². The van der Waals surface area contributed by atoms with Crippen LogP contribution in [-0.4, -0.2) is 70.2 Å². The molecule has 2 fully saturated rings. The van der Waals surface area contributed by atoms with Gasteiger partial charge in [0.05, 0.1) is 0 Å². The lowest BCUT2D eigenvalue weighted by molar-refractivity contribution is -0.192. The predicted octanol–water partition coefficient (Wildman–Crippen LogP) is 2.72. The second-order valence-electron chi connectivity index (χ2n) is 6.77. The standard InChI is InChI=1S/C16H19N3O.C2HF3O2/c1-18-8-5-15-14(18)6-9-19(15)16(20)12-2-3-13-11(10-12)4-7-17-13;3-2(4,5)1(6)7/h2-4,7,10,14-15,17H,5-6,8-9H2,1H3;(H,6,7)/t14-,15+;/m0./s1. The van der Waals surface area contributed by atoms with Crippen LogP contribution < -0.4 is 0 Å². The number of nitrogens with zero attached hydrogens (tertiary/aromatic N) is 2. The molecule has 0 saturated carbocycles. The molecule has 146 valence electrons. The fourth-order valence-corrected chi connectivity index (χ4v) is 3.81. The molecule has 2 N–H and O–H groups in total. The first kappa shape index (κ1) is 19.2. The Labute approximate surface area is 153 Å². The molecule has 2 aromatic rings. The first-order chi connectivity index (χ1) is 12.7. The Morgan fingerprint density at radius 3 is 2.48 bits per heavy atom. The van der Waals surface area contributed by atoms with Crippen molar-refractivity contribution < 1.29 is 27.9 Å². The highest BCUT2D eigenvalue weighted by Crippen LogP contribution is 2.31. The quantitative estimate of drug-likeness (QED) is 0.794. The number of halogens is 3. The van der Waals surface area contributed by atoms with E-state index in [9.17, 15) is 18.0 Å². The lowest BCUT2D eigenvalue weighted by atomic mass is 10.1. The number of likely N-dealkylation sites (N-methyl/N-ethyl adjacent to an activating group) is 1. The minimum Gasteiger partial charge on any atom is -0.475 e. The Bertz CT molecular complexity index is 849. The molecule has 9 heteroatoms. The van der Waals surface area contributed by atoms with Crippen molar-refractivity contribution in [2.75, 3.05) is 20.1 Å². The summed E-state index contributed by atoms with van der Waals surface area (Å²) in [4.78, 5) is 29.3. The molecule has 0 aliphatic carbocycles. The van der Waals surface area contributed by atoms with E-state index in [0.717, 1.165) is 42.4 Å². The minimum absolute atomic E-state index is 0.191. The topological polar surface area (TPSA) is 76.6 Å². The number of carbonyl (C=O) groups is 2. The molecule has 0 spiro atoms. The molecular weight excluding hydrogens is 363 g/mol. The van der Waals surface area contributed by atoms with Gasteiger partial charge in [-0.05, 0) is 44.2 Å². The van der Waals surface area contributed by atoms with Gasteiger partial charge in [0, 0.05) is 47.8 Å². The fraction of sp³-hybridized carbons (Fsp3) is 0.444. The van der Waals surface area contributed by atoms with Crippen molar-refractivity contribution in [3.05, 3.63) is 36.0 Å². The number of alkyl halides is 3. The van der Waals surface area contributed by atoms with Crippen LogP contribution in [0, 0.1) is 0 Å². The monoisotopic (exact) mass is 383 g/mol. The summed E-state index contributed by atoms with van der Waals surface area (Å²) >= 11 is 0. The van der Waals surface area contributed by atoms with Gasteiger partial charge < -0.3 is 19.9 Å². The Hall–Kier alpha value is -2.55. The van der Waals surface area contributed by atoms with Gasteiger partial charge in [0.1, 0.15) is 0 Å². The number of carboxylic acids is 1. The molecule has 2 aliphatic heterocycles. The number of carbonyl (C=O) groups excluding carboxylic acids is 1. The van der Waals surface area contributed by atoms with Gasteiger partial charge >= 0.3 is 12.1 Å². The average molecular weight is 383 g/mol. The van der Waals surface area contributed by atoms with Crippen molar-refractivity contribution in [1.82, 2.24) is 14.8 Å². The van der Waals surface area contributed by atoms with E-state index in [0.29, 0.717) is 12.1 Å². The first-order valence-corrected chi connectivity index (χ1v) is 8.57. The van der Waals surface area contributed by atoms with Crippen molar-refractivity contribution in [3.8, 4) is 0 Å². The van der Waals surface area contributed by atoms with Crippen molar-refractivity contribution in [2.45, 2.75) is 31.1 Å². The first-order valence-electron chi connectivity index (χ1n) is 8.57. The van der Waals surface area contributed by atoms with Crippen molar-refractivity contribution in [2.24, 2.45) is 0 Å². The molecule has 1 amide bonds. The molecular formula is C18H20F3N3O3. The van der Waals surface area contributed by atoms with Crippen LogP contribution in [-0.2, 0) is 4.79 Å². The van der Waals surface area contributed by atoms with Gasteiger partial charge in [-0.25, -0.2) is 4.79 Å². The van der Waals surface area contributed by atoms with E-state index in [1.165, 1.54) is 0 Å². The molecule has 4 rings (SSSR count). The summed E-state index contributed by atoms with van der Waals surface area (Å²) in [5, 5.41) is 8.23. The van der Waals surface area contributed by atoms with Gasteiger partial charge in [-0.15, -0.1) is 0 Å². The number of amides is 1. The number of H-pyrrole nitrogens is 1. The Kier molecular flexibility index (Phi) is 5.14. The molecule has 1 aromatic heterocycles. The smallest absolute Gasteiger partial charge is 0.475 e. The summed E-state index contributed by atoms with van der Waals surface area (Å²) in [6.07, 6.45) is -0.949. The maximum atomic E-state index is 12.8.